The summed E-state index contributed by atoms with van der Waals surface area (Å²) < 4.78 is 0. The van der Waals surface area contributed by atoms with Gasteiger partial charge in [-0.05, 0) is 27.2 Å². The fourth-order valence-electron chi connectivity index (χ4n) is 1.96. The van der Waals surface area contributed by atoms with Crippen LogP contribution < -0.4 is 0 Å². The van der Waals surface area contributed by atoms with Crippen molar-refractivity contribution in [2.45, 2.75) is 46.2 Å². The van der Waals surface area contributed by atoms with E-state index in [-0.39, 0.29) is 23.9 Å². The average molecular weight is 284 g/mol. The molecule has 0 radical (unpaired) electrons. The van der Waals surface area contributed by atoms with Gasteiger partial charge < -0.3 is 9.80 Å². The Balaban J connectivity index is 2.82. The summed E-state index contributed by atoms with van der Waals surface area (Å²) in [5.41, 5.74) is 0.731. The van der Waals surface area contributed by atoms with Crippen molar-refractivity contribution in [3.8, 4) is 0 Å². The highest BCUT2D eigenvalue weighted by Crippen LogP contribution is 2.24. The van der Waals surface area contributed by atoms with E-state index in [1.807, 2.05) is 33.8 Å². The number of allylic oxidation sites excluding steroid dienone is 1. The molecular weight excluding hydrogens is 260 g/mol. The van der Waals surface area contributed by atoms with E-state index in [4.69, 9.17) is 0 Å². The van der Waals surface area contributed by atoms with Crippen molar-refractivity contribution in [2.75, 3.05) is 18.7 Å². The minimum Gasteiger partial charge on any atom is -0.342 e. The van der Waals surface area contributed by atoms with E-state index in [1.54, 1.807) is 28.6 Å². The van der Waals surface area contributed by atoms with Gasteiger partial charge in [0.05, 0.1) is 5.88 Å². The molecule has 1 aliphatic rings. The number of thioether (sulfide) groups is 1. The summed E-state index contributed by atoms with van der Waals surface area (Å²) in [6, 6.07) is -0.160. The number of rotatable bonds is 4. The Morgan fingerprint density at radius 3 is 2.63 bits per heavy atom. The van der Waals surface area contributed by atoms with Crippen LogP contribution in [0, 0.1) is 0 Å². The average Bonchev–Trinajstić information content (AvgIpc) is 2.85. The predicted molar refractivity (Wildman–Crippen MR) is 79.9 cm³/mol. The van der Waals surface area contributed by atoms with Crippen LogP contribution in [0.25, 0.3) is 0 Å². The van der Waals surface area contributed by atoms with Crippen LogP contribution in [0.2, 0.25) is 0 Å². The molecule has 0 saturated carbocycles. The van der Waals surface area contributed by atoms with Crippen LogP contribution in [-0.2, 0) is 9.59 Å². The molecule has 1 saturated heterocycles. The van der Waals surface area contributed by atoms with Gasteiger partial charge in [-0.2, -0.15) is 0 Å². The normalized spacial score (nSPS) is 20.0. The molecule has 0 aromatic rings. The third kappa shape index (κ3) is 3.75. The third-order valence-corrected chi connectivity index (χ3v) is 4.41. The van der Waals surface area contributed by atoms with E-state index in [0.717, 1.165) is 12.0 Å². The zero-order chi connectivity index (χ0) is 14.6. The molecule has 0 aromatic carbocycles. The van der Waals surface area contributed by atoms with Gasteiger partial charge in [0.2, 0.25) is 5.91 Å². The van der Waals surface area contributed by atoms with E-state index >= 15 is 0 Å². The van der Waals surface area contributed by atoms with Gasteiger partial charge in [0.25, 0.3) is 5.91 Å². The third-order valence-electron chi connectivity index (χ3n) is 3.40. The van der Waals surface area contributed by atoms with Gasteiger partial charge in [-0.3, -0.25) is 9.59 Å². The molecule has 0 N–H and O–H groups in total. The molecule has 1 heterocycles. The second kappa shape index (κ2) is 6.98. The van der Waals surface area contributed by atoms with E-state index < -0.39 is 0 Å². The van der Waals surface area contributed by atoms with E-state index in [9.17, 15) is 9.59 Å². The molecule has 0 aromatic heterocycles. The highest BCUT2D eigenvalue weighted by atomic mass is 32.2. The second-order valence-corrected chi connectivity index (χ2v) is 6.13. The Hall–Kier alpha value is -0.970. The molecule has 1 unspecified atom stereocenters. The summed E-state index contributed by atoms with van der Waals surface area (Å²) >= 11 is 1.64. The van der Waals surface area contributed by atoms with E-state index in [0.29, 0.717) is 11.6 Å². The van der Waals surface area contributed by atoms with Crippen molar-refractivity contribution in [3.05, 3.63) is 11.6 Å². The number of carbonyl (C=O) groups excluding carboxylic acids is 2. The first-order valence-corrected chi connectivity index (χ1v) is 7.87. The van der Waals surface area contributed by atoms with Crippen LogP contribution in [-0.4, -0.2) is 52.4 Å². The van der Waals surface area contributed by atoms with Gasteiger partial charge in [0.15, 0.2) is 0 Å². The second-order valence-electron chi connectivity index (χ2n) is 5.13. The lowest BCUT2D eigenvalue weighted by Gasteiger charge is -2.29. The van der Waals surface area contributed by atoms with Crippen LogP contribution in [0.1, 0.15) is 34.1 Å². The topological polar surface area (TPSA) is 40.6 Å². The van der Waals surface area contributed by atoms with Crippen molar-refractivity contribution in [1.29, 1.82) is 0 Å². The predicted octanol–water partition coefficient (Wildman–Crippen LogP) is 2.11. The van der Waals surface area contributed by atoms with Gasteiger partial charge >= 0.3 is 0 Å². The minimum absolute atomic E-state index is 0.0117. The number of hydrogen-bond acceptors (Lipinski definition) is 3. The quantitative estimate of drug-likeness (QED) is 0.742. The van der Waals surface area contributed by atoms with Gasteiger partial charge in [-0.15, -0.1) is 11.8 Å². The maximum atomic E-state index is 12.4. The first-order valence-electron chi connectivity index (χ1n) is 6.72. The van der Waals surface area contributed by atoms with Crippen molar-refractivity contribution in [2.24, 2.45) is 0 Å². The highest BCUT2D eigenvalue weighted by Gasteiger charge is 2.36. The van der Waals surface area contributed by atoms with Crippen LogP contribution in [0.3, 0.4) is 0 Å². The van der Waals surface area contributed by atoms with Gasteiger partial charge in [-0.25, -0.2) is 0 Å². The van der Waals surface area contributed by atoms with Gasteiger partial charge in [0.1, 0.15) is 6.04 Å². The molecule has 5 heteroatoms. The molecule has 1 fully saturated rings. The Morgan fingerprint density at radius 1 is 1.47 bits per heavy atom. The molecule has 0 aliphatic carbocycles. The Labute approximate surface area is 120 Å². The number of amides is 2. The summed E-state index contributed by atoms with van der Waals surface area (Å²) in [6.45, 7) is 7.79. The lowest BCUT2D eigenvalue weighted by atomic mass is 10.1. The zero-order valence-corrected chi connectivity index (χ0v) is 13.3. The first-order chi connectivity index (χ1) is 8.90. The van der Waals surface area contributed by atoms with Crippen molar-refractivity contribution in [1.82, 2.24) is 9.80 Å². The highest BCUT2D eigenvalue weighted by molar-refractivity contribution is 7.99. The summed E-state index contributed by atoms with van der Waals surface area (Å²) in [7, 11) is 1.80. The fourth-order valence-corrected chi connectivity index (χ4v) is 3.10. The fraction of sp³-hybridized carbons (Fsp3) is 0.714. The van der Waals surface area contributed by atoms with Gasteiger partial charge in [0, 0.05) is 24.4 Å². The molecule has 1 rings (SSSR count). The monoisotopic (exact) mass is 284 g/mol. The largest absolute Gasteiger partial charge is 0.342 e. The first kappa shape index (κ1) is 16.1. The number of nitrogens with zero attached hydrogens (tertiary/aromatic N) is 2. The van der Waals surface area contributed by atoms with E-state index in [1.165, 1.54) is 0 Å². The van der Waals surface area contributed by atoms with Crippen LogP contribution in [0.5, 0.6) is 0 Å². The summed E-state index contributed by atoms with van der Waals surface area (Å²) in [4.78, 5) is 28.1. The van der Waals surface area contributed by atoms with Crippen LogP contribution in [0.15, 0.2) is 11.6 Å². The Morgan fingerprint density at radius 2 is 2.11 bits per heavy atom. The molecule has 108 valence electrons. The van der Waals surface area contributed by atoms with Crippen molar-refractivity contribution < 1.29 is 9.59 Å². The van der Waals surface area contributed by atoms with Crippen molar-refractivity contribution >= 4 is 23.6 Å². The Bertz CT molecular complexity index is 380. The molecule has 1 atom stereocenters. The van der Waals surface area contributed by atoms with E-state index in [2.05, 4.69) is 0 Å². The van der Waals surface area contributed by atoms with Crippen molar-refractivity contribution in [3.63, 3.8) is 0 Å². The van der Waals surface area contributed by atoms with Crippen LogP contribution in [0.4, 0.5) is 0 Å². The molecular formula is C14H24N2O2S. The van der Waals surface area contributed by atoms with Gasteiger partial charge in [-0.1, -0.05) is 13.0 Å². The zero-order valence-electron chi connectivity index (χ0n) is 12.5. The molecule has 19 heavy (non-hydrogen) atoms. The summed E-state index contributed by atoms with van der Waals surface area (Å²) in [5.74, 6) is 1.33. The lowest BCUT2D eigenvalue weighted by molar-refractivity contribution is -0.141. The number of carbonyl (C=O) groups is 2. The minimum atomic E-state index is -0.315. The smallest absolute Gasteiger partial charge is 0.250 e. The number of hydrogen-bond donors (Lipinski definition) is 0. The molecule has 0 bridgehead atoms. The summed E-state index contributed by atoms with van der Waals surface area (Å²) in [5, 5.41) is 0. The van der Waals surface area contributed by atoms with Crippen LogP contribution >= 0.6 is 11.8 Å². The maximum Gasteiger partial charge on any atom is 0.250 e. The molecule has 4 nitrogen and oxygen atoms in total. The lowest BCUT2D eigenvalue weighted by Crippen LogP contribution is -2.49. The molecule has 2 amide bonds. The molecule has 1 aliphatic heterocycles. The molecule has 0 spiro atoms. The Kier molecular flexibility index (Phi) is 5.91. The summed E-state index contributed by atoms with van der Waals surface area (Å²) in [6.07, 6.45) is 2.75. The maximum absolute atomic E-state index is 12.4. The number of likely N-dealkylation sites (N-methyl/N-ethyl adjacent to an activating group) is 1. The standard InChI is InChI=1S/C14H24N2O2S/c1-6-7-11(4)13(17)16-9-19-8-12(16)14(18)15(5)10(2)3/h7,10,12H,6,8-9H2,1-5H3/b11-7-. The SMILES string of the molecule is CC/C=C(/C)C(=O)N1CSCC1C(=O)N(C)C(C)C.